The number of carbonyl (C=O) groups is 1. The second-order valence-electron chi connectivity index (χ2n) is 4.61. The number of allylic oxidation sites excluding steroid dienone is 1. The van der Waals surface area contributed by atoms with Crippen LogP contribution in [-0.4, -0.2) is 16.1 Å². The molecule has 0 saturated heterocycles. The number of thiophene rings is 1. The van der Waals surface area contributed by atoms with Gasteiger partial charge in [0.25, 0.3) is 0 Å². The first-order chi connectivity index (χ1) is 10.2. The van der Waals surface area contributed by atoms with Gasteiger partial charge in [0.1, 0.15) is 5.01 Å². The molecule has 0 radical (unpaired) electrons. The van der Waals surface area contributed by atoms with Gasteiger partial charge >= 0.3 is 5.97 Å². The van der Waals surface area contributed by atoms with Gasteiger partial charge in [-0.15, -0.1) is 11.3 Å². The van der Waals surface area contributed by atoms with E-state index < -0.39 is 5.97 Å². The van der Waals surface area contributed by atoms with E-state index in [1.807, 2.05) is 47.2 Å². The molecule has 0 saturated carbocycles. The van der Waals surface area contributed by atoms with Gasteiger partial charge in [-0.2, -0.15) is 11.3 Å². The van der Waals surface area contributed by atoms with Gasteiger partial charge in [-0.05, 0) is 52.6 Å². The van der Waals surface area contributed by atoms with Crippen LogP contribution in [0.4, 0.5) is 0 Å². The van der Waals surface area contributed by atoms with Crippen molar-refractivity contribution < 1.29 is 9.90 Å². The van der Waals surface area contributed by atoms with Crippen LogP contribution < -0.4 is 0 Å². The predicted octanol–water partition coefficient (Wildman–Crippen LogP) is 4.76. The summed E-state index contributed by atoms with van der Waals surface area (Å²) in [5, 5.41) is 13.9. The van der Waals surface area contributed by atoms with Gasteiger partial charge in [0.05, 0.1) is 10.2 Å². The smallest absolute Gasteiger partial charge is 0.303 e. The molecule has 2 aromatic heterocycles. The zero-order valence-corrected chi connectivity index (χ0v) is 12.8. The van der Waals surface area contributed by atoms with Crippen LogP contribution in [0, 0.1) is 0 Å². The Bertz CT molecular complexity index is 755. The van der Waals surface area contributed by atoms with Crippen molar-refractivity contribution >= 4 is 50.5 Å². The molecule has 0 bridgehead atoms. The Morgan fingerprint density at radius 1 is 1.24 bits per heavy atom. The summed E-state index contributed by atoms with van der Waals surface area (Å²) in [4.78, 5) is 15.5. The number of benzene rings is 1. The molecule has 21 heavy (non-hydrogen) atoms. The fourth-order valence-electron chi connectivity index (χ4n) is 2.05. The number of rotatable bonds is 5. The summed E-state index contributed by atoms with van der Waals surface area (Å²) < 4.78 is 1.12. The van der Waals surface area contributed by atoms with Crippen LogP contribution in [0.2, 0.25) is 0 Å². The zero-order valence-electron chi connectivity index (χ0n) is 11.2. The molecular formula is C16H13NO2S2. The van der Waals surface area contributed by atoms with Gasteiger partial charge in [-0.25, -0.2) is 4.98 Å². The van der Waals surface area contributed by atoms with Gasteiger partial charge in [0, 0.05) is 6.42 Å². The largest absolute Gasteiger partial charge is 0.481 e. The number of hydrogen-bond donors (Lipinski definition) is 1. The van der Waals surface area contributed by atoms with Gasteiger partial charge in [-0.1, -0.05) is 12.1 Å². The maximum atomic E-state index is 10.9. The van der Waals surface area contributed by atoms with E-state index in [2.05, 4.69) is 4.98 Å². The lowest BCUT2D eigenvalue weighted by Gasteiger charge is -2.01. The summed E-state index contributed by atoms with van der Waals surface area (Å²) in [6, 6.07) is 10.00. The van der Waals surface area contributed by atoms with Crippen LogP contribution in [0.5, 0.6) is 0 Å². The molecule has 2 heterocycles. The van der Waals surface area contributed by atoms with Gasteiger partial charge in [-0.3, -0.25) is 4.79 Å². The molecule has 0 aliphatic rings. The molecule has 106 valence electrons. The molecule has 0 aliphatic carbocycles. The highest BCUT2D eigenvalue weighted by Crippen LogP contribution is 2.31. The Morgan fingerprint density at radius 2 is 2.10 bits per heavy atom. The first kappa shape index (κ1) is 14.0. The summed E-state index contributed by atoms with van der Waals surface area (Å²) in [6.45, 7) is 0. The van der Waals surface area contributed by atoms with Gasteiger partial charge < -0.3 is 5.11 Å². The molecule has 3 aromatic rings. The van der Waals surface area contributed by atoms with Crippen LogP contribution in [0.25, 0.3) is 21.9 Å². The third-order valence-electron chi connectivity index (χ3n) is 3.06. The molecule has 0 fully saturated rings. The number of fused-ring (bicyclic) bond motifs is 1. The predicted molar refractivity (Wildman–Crippen MR) is 88.7 cm³/mol. The molecule has 3 rings (SSSR count). The van der Waals surface area contributed by atoms with E-state index >= 15 is 0 Å². The first-order valence-corrected chi connectivity index (χ1v) is 8.29. The molecule has 0 unspecified atom stereocenters. The molecule has 0 amide bonds. The number of aromatic nitrogens is 1. The highest BCUT2D eigenvalue weighted by Gasteiger charge is 2.11. The Balaban J connectivity index is 1.99. The average molecular weight is 315 g/mol. The molecular weight excluding hydrogens is 302 g/mol. The number of hydrogen-bond acceptors (Lipinski definition) is 4. The number of carboxylic acid groups (broad SMARTS) is 1. The maximum absolute atomic E-state index is 10.9. The Hall–Kier alpha value is -1.98. The van der Waals surface area contributed by atoms with E-state index in [-0.39, 0.29) is 6.42 Å². The number of nitrogens with zero attached hydrogens (tertiary/aromatic N) is 1. The van der Waals surface area contributed by atoms with Crippen molar-refractivity contribution in [2.75, 3.05) is 0 Å². The summed E-state index contributed by atoms with van der Waals surface area (Å²) in [5.41, 5.74) is 3.04. The minimum atomic E-state index is -0.785. The summed E-state index contributed by atoms with van der Waals surface area (Å²) in [6.07, 6.45) is 2.65. The third kappa shape index (κ3) is 3.37. The summed E-state index contributed by atoms with van der Waals surface area (Å²) >= 11 is 3.24. The van der Waals surface area contributed by atoms with Crippen LogP contribution in [0.15, 0.2) is 41.1 Å². The van der Waals surface area contributed by atoms with E-state index in [1.54, 1.807) is 22.7 Å². The van der Waals surface area contributed by atoms with E-state index in [0.29, 0.717) is 6.42 Å². The van der Waals surface area contributed by atoms with E-state index in [0.717, 1.165) is 26.4 Å². The molecule has 0 atom stereocenters. The van der Waals surface area contributed by atoms with E-state index in [4.69, 9.17) is 5.11 Å². The summed E-state index contributed by atoms with van der Waals surface area (Å²) in [7, 11) is 0. The highest BCUT2D eigenvalue weighted by atomic mass is 32.1. The summed E-state index contributed by atoms with van der Waals surface area (Å²) in [5.74, 6) is -0.785. The standard InChI is InChI=1S/C16H13NO2S2/c18-15(19)6-5-12(9-11-7-8-20-10-11)16-17-13-3-1-2-4-14(13)21-16/h1-4,7-10H,5-6H2,(H,18,19). The molecule has 5 heteroatoms. The van der Waals surface area contributed by atoms with Crippen LogP contribution in [0.1, 0.15) is 23.4 Å². The Labute approximate surface area is 130 Å². The number of carboxylic acids is 1. The van der Waals surface area contributed by atoms with Crippen LogP contribution in [0.3, 0.4) is 0 Å². The monoisotopic (exact) mass is 315 g/mol. The Kier molecular flexibility index (Phi) is 4.13. The lowest BCUT2D eigenvalue weighted by molar-refractivity contribution is -0.136. The van der Waals surface area contributed by atoms with E-state index in [9.17, 15) is 4.79 Å². The molecule has 1 aromatic carbocycles. The van der Waals surface area contributed by atoms with Gasteiger partial charge in [0.15, 0.2) is 0 Å². The van der Waals surface area contributed by atoms with Crippen molar-refractivity contribution in [3.8, 4) is 0 Å². The number of para-hydroxylation sites is 1. The van der Waals surface area contributed by atoms with Crippen molar-refractivity contribution in [1.82, 2.24) is 4.98 Å². The van der Waals surface area contributed by atoms with Crippen molar-refractivity contribution in [1.29, 1.82) is 0 Å². The number of thiazole rings is 1. The fraction of sp³-hybridized carbons (Fsp3) is 0.125. The SMILES string of the molecule is O=C(O)CCC(=Cc1ccsc1)c1nc2ccccc2s1. The molecule has 0 aliphatic heterocycles. The maximum Gasteiger partial charge on any atom is 0.303 e. The lowest BCUT2D eigenvalue weighted by atomic mass is 10.1. The molecule has 3 nitrogen and oxygen atoms in total. The first-order valence-electron chi connectivity index (χ1n) is 6.53. The average Bonchev–Trinajstić information content (AvgIpc) is 3.11. The van der Waals surface area contributed by atoms with Crippen molar-refractivity contribution in [2.45, 2.75) is 12.8 Å². The lowest BCUT2D eigenvalue weighted by Crippen LogP contribution is -1.95. The zero-order chi connectivity index (χ0) is 14.7. The van der Waals surface area contributed by atoms with Gasteiger partial charge in [0.2, 0.25) is 0 Å². The Morgan fingerprint density at radius 3 is 2.81 bits per heavy atom. The van der Waals surface area contributed by atoms with E-state index in [1.165, 1.54) is 0 Å². The third-order valence-corrected chi connectivity index (χ3v) is 4.87. The second kappa shape index (κ2) is 6.20. The van der Waals surface area contributed by atoms with Crippen molar-refractivity contribution in [3.05, 3.63) is 51.7 Å². The quantitative estimate of drug-likeness (QED) is 0.738. The van der Waals surface area contributed by atoms with Crippen LogP contribution in [-0.2, 0) is 4.79 Å². The van der Waals surface area contributed by atoms with Crippen molar-refractivity contribution in [3.63, 3.8) is 0 Å². The molecule has 0 spiro atoms. The van der Waals surface area contributed by atoms with Crippen LogP contribution >= 0.6 is 22.7 Å². The fourth-order valence-corrected chi connectivity index (χ4v) is 3.68. The number of aliphatic carboxylic acids is 1. The normalized spacial score (nSPS) is 11.9. The minimum Gasteiger partial charge on any atom is -0.481 e. The highest BCUT2D eigenvalue weighted by molar-refractivity contribution is 7.19. The topological polar surface area (TPSA) is 50.2 Å². The minimum absolute atomic E-state index is 0.117. The van der Waals surface area contributed by atoms with Crippen molar-refractivity contribution in [2.24, 2.45) is 0 Å². The molecule has 1 N–H and O–H groups in total. The second-order valence-corrected chi connectivity index (χ2v) is 6.42.